The van der Waals surface area contributed by atoms with Crippen LogP contribution in [0.4, 0.5) is 10.1 Å². The van der Waals surface area contributed by atoms with Crippen molar-refractivity contribution < 1.29 is 12.8 Å². The van der Waals surface area contributed by atoms with Gasteiger partial charge in [-0.3, -0.25) is 4.31 Å². The zero-order chi connectivity index (χ0) is 15.0. The number of alkyl halides is 1. The van der Waals surface area contributed by atoms with Gasteiger partial charge in [-0.05, 0) is 42.9 Å². The molecule has 0 radical (unpaired) electrons. The van der Waals surface area contributed by atoms with Crippen LogP contribution >= 0.6 is 11.6 Å². The van der Waals surface area contributed by atoms with E-state index in [9.17, 15) is 12.8 Å². The van der Waals surface area contributed by atoms with Gasteiger partial charge in [-0.25, -0.2) is 4.39 Å². The van der Waals surface area contributed by atoms with Crippen molar-refractivity contribution >= 4 is 27.5 Å². The largest absolute Gasteiger partial charge is 0.304 e. The highest BCUT2D eigenvalue weighted by Gasteiger charge is 2.36. The molecule has 1 aromatic carbocycles. The van der Waals surface area contributed by atoms with Crippen LogP contribution in [0.5, 0.6) is 0 Å². The number of nitrogens with zero attached hydrogens (tertiary/aromatic N) is 2. The first kappa shape index (κ1) is 15.1. The van der Waals surface area contributed by atoms with Crippen molar-refractivity contribution in [1.29, 1.82) is 0 Å². The van der Waals surface area contributed by atoms with E-state index in [1.54, 1.807) is 6.07 Å². The van der Waals surface area contributed by atoms with Crippen LogP contribution in [0, 0.1) is 11.7 Å². The normalized spacial score (nSPS) is 23.3. The Morgan fingerprint density at radius 2 is 2.14 bits per heavy atom. The third kappa shape index (κ3) is 2.76. The molecular formula is C14H18ClFN2O2S. The summed E-state index contributed by atoms with van der Waals surface area (Å²) in [7, 11) is -3.59. The predicted molar refractivity (Wildman–Crippen MR) is 81.4 cm³/mol. The highest BCUT2D eigenvalue weighted by molar-refractivity contribution is 7.90. The lowest BCUT2D eigenvalue weighted by Gasteiger charge is -2.34. The summed E-state index contributed by atoms with van der Waals surface area (Å²) in [5.41, 5.74) is 1.36. The monoisotopic (exact) mass is 332 g/mol. The molecule has 1 atom stereocenters. The van der Waals surface area contributed by atoms with Gasteiger partial charge < -0.3 is 0 Å². The summed E-state index contributed by atoms with van der Waals surface area (Å²) in [6.07, 6.45) is 2.41. The number of halogens is 2. The van der Waals surface area contributed by atoms with Crippen molar-refractivity contribution in [1.82, 2.24) is 4.31 Å². The molecule has 116 valence electrons. The lowest BCUT2D eigenvalue weighted by molar-refractivity contribution is 0.283. The number of fused-ring (bicyclic) bond motifs is 1. The zero-order valence-corrected chi connectivity index (χ0v) is 13.2. The van der Waals surface area contributed by atoms with Crippen molar-refractivity contribution in [2.45, 2.75) is 19.3 Å². The number of hydrogen-bond acceptors (Lipinski definition) is 2. The molecule has 1 saturated heterocycles. The van der Waals surface area contributed by atoms with Gasteiger partial charge in [0.05, 0.1) is 5.69 Å². The van der Waals surface area contributed by atoms with E-state index in [4.69, 9.17) is 11.6 Å². The molecule has 3 rings (SSSR count). The molecule has 2 heterocycles. The molecule has 0 aliphatic carbocycles. The van der Waals surface area contributed by atoms with Crippen molar-refractivity contribution in [3.8, 4) is 0 Å². The predicted octanol–water partition coefficient (Wildman–Crippen LogP) is 2.38. The Balaban J connectivity index is 1.89. The van der Waals surface area contributed by atoms with E-state index in [1.165, 1.54) is 20.7 Å². The maximum atomic E-state index is 13.4. The lowest BCUT2D eigenvalue weighted by atomic mass is 10.0. The third-order valence-electron chi connectivity index (χ3n) is 4.21. The summed E-state index contributed by atoms with van der Waals surface area (Å²) in [5.74, 6) is 0.259. The van der Waals surface area contributed by atoms with Gasteiger partial charge in [-0.1, -0.05) is 6.07 Å². The number of piperidine rings is 1. The molecule has 2 aliphatic rings. The SMILES string of the molecule is O=S(=O)(N1CCCC(CCl)C1)N1CCc2ccc(F)cc21. The second kappa shape index (κ2) is 5.74. The van der Waals surface area contributed by atoms with E-state index in [0.29, 0.717) is 37.6 Å². The minimum Gasteiger partial charge on any atom is -0.257 e. The topological polar surface area (TPSA) is 40.6 Å². The van der Waals surface area contributed by atoms with Gasteiger partial charge in [-0.2, -0.15) is 12.7 Å². The first-order chi connectivity index (χ1) is 10.0. The molecule has 0 aromatic heterocycles. The van der Waals surface area contributed by atoms with Gasteiger partial charge >= 0.3 is 10.2 Å². The molecule has 1 aromatic rings. The Kier molecular flexibility index (Phi) is 4.12. The minimum absolute atomic E-state index is 0.199. The Morgan fingerprint density at radius 1 is 1.33 bits per heavy atom. The Labute approximate surface area is 129 Å². The maximum absolute atomic E-state index is 13.4. The fourth-order valence-corrected chi connectivity index (χ4v) is 5.09. The highest BCUT2D eigenvalue weighted by Crippen LogP contribution is 2.33. The van der Waals surface area contributed by atoms with Gasteiger partial charge in [0.25, 0.3) is 0 Å². The number of hydrogen-bond donors (Lipinski definition) is 0. The average molecular weight is 333 g/mol. The van der Waals surface area contributed by atoms with Crippen LogP contribution in [0.3, 0.4) is 0 Å². The summed E-state index contributed by atoms with van der Waals surface area (Å²) in [5, 5.41) is 0. The van der Waals surface area contributed by atoms with E-state index in [2.05, 4.69) is 0 Å². The molecular weight excluding hydrogens is 315 g/mol. The fourth-order valence-electron chi connectivity index (χ4n) is 3.06. The molecule has 4 nitrogen and oxygen atoms in total. The van der Waals surface area contributed by atoms with Crippen LogP contribution in [0.15, 0.2) is 18.2 Å². The molecule has 0 bridgehead atoms. The van der Waals surface area contributed by atoms with Crippen LogP contribution in [0.2, 0.25) is 0 Å². The Bertz CT molecular complexity index is 638. The van der Waals surface area contributed by atoms with Gasteiger partial charge in [0.2, 0.25) is 0 Å². The van der Waals surface area contributed by atoms with E-state index in [0.717, 1.165) is 18.4 Å². The summed E-state index contributed by atoms with van der Waals surface area (Å²) in [4.78, 5) is 0. The zero-order valence-electron chi connectivity index (χ0n) is 11.6. The molecule has 0 spiro atoms. The number of benzene rings is 1. The van der Waals surface area contributed by atoms with Crippen LogP contribution in [-0.2, 0) is 16.6 Å². The van der Waals surface area contributed by atoms with Crippen LogP contribution in [0.25, 0.3) is 0 Å². The Morgan fingerprint density at radius 3 is 2.90 bits per heavy atom. The van der Waals surface area contributed by atoms with E-state index in [1.807, 2.05) is 0 Å². The lowest BCUT2D eigenvalue weighted by Crippen LogP contribution is -2.48. The third-order valence-corrected chi connectivity index (χ3v) is 6.56. The van der Waals surface area contributed by atoms with Gasteiger partial charge in [0, 0.05) is 25.5 Å². The van der Waals surface area contributed by atoms with Crippen molar-refractivity contribution in [3.63, 3.8) is 0 Å². The molecule has 2 aliphatic heterocycles. The molecule has 0 amide bonds. The summed E-state index contributed by atoms with van der Waals surface area (Å²) >= 11 is 5.87. The van der Waals surface area contributed by atoms with Gasteiger partial charge in [0.15, 0.2) is 0 Å². The summed E-state index contributed by atoms with van der Waals surface area (Å²) in [6, 6.07) is 4.35. The first-order valence-electron chi connectivity index (χ1n) is 7.14. The molecule has 1 unspecified atom stereocenters. The second-order valence-corrected chi connectivity index (χ2v) is 7.78. The molecule has 7 heteroatoms. The van der Waals surface area contributed by atoms with Crippen molar-refractivity contribution in [2.75, 3.05) is 29.8 Å². The fraction of sp³-hybridized carbons (Fsp3) is 0.571. The highest BCUT2D eigenvalue weighted by atomic mass is 35.5. The van der Waals surface area contributed by atoms with Crippen LogP contribution in [0.1, 0.15) is 18.4 Å². The maximum Gasteiger partial charge on any atom is 0.304 e. The second-order valence-electron chi connectivity index (χ2n) is 5.62. The molecule has 21 heavy (non-hydrogen) atoms. The van der Waals surface area contributed by atoms with E-state index in [-0.39, 0.29) is 5.92 Å². The quantitative estimate of drug-likeness (QED) is 0.797. The van der Waals surface area contributed by atoms with Crippen molar-refractivity contribution in [3.05, 3.63) is 29.6 Å². The van der Waals surface area contributed by atoms with Crippen molar-refractivity contribution in [2.24, 2.45) is 5.92 Å². The number of anilines is 1. The average Bonchev–Trinajstić information content (AvgIpc) is 2.91. The summed E-state index contributed by atoms with van der Waals surface area (Å²) < 4.78 is 41.9. The summed E-state index contributed by atoms with van der Waals surface area (Å²) in [6.45, 7) is 1.34. The van der Waals surface area contributed by atoms with E-state index < -0.39 is 16.0 Å². The molecule has 0 saturated carbocycles. The molecule has 1 fully saturated rings. The minimum atomic E-state index is -3.59. The van der Waals surface area contributed by atoms with Crippen LogP contribution in [-0.4, -0.2) is 38.2 Å². The van der Waals surface area contributed by atoms with E-state index >= 15 is 0 Å². The van der Waals surface area contributed by atoms with Crippen LogP contribution < -0.4 is 4.31 Å². The standard InChI is InChI=1S/C14H18ClFN2O2S/c15-9-11-2-1-6-17(10-11)21(19,20)18-7-5-12-3-4-13(16)8-14(12)18/h3-4,8,11H,1-2,5-7,9-10H2. The van der Waals surface area contributed by atoms with Gasteiger partial charge in [0.1, 0.15) is 5.82 Å². The number of rotatable bonds is 3. The van der Waals surface area contributed by atoms with Gasteiger partial charge in [-0.15, -0.1) is 11.6 Å². The molecule has 0 N–H and O–H groups in total. The Hall–Kier alpha value is -0.850. The smallest absolute Gasteiger partial charge is 0.257 e. The first-order valence-corrected chi connectivity index (χ1v) is 9.07.